The zero-order chi connectivity index (χ0) is 14.1. The Balaban J connectivity index is 1.95. The number of hydrogen-bond acceptors (Lipinski definition) is 1. The van der Waals surface area contributed by atoms with Crippen molar-refractivity contribution in [1.29, 1.82) is 0 Å². The van der Waals surface area contributed by atoms with E-state index in [4.69, 9.17) is 11.6 Å². The Morgan fingerprint density at radius 1 is 1.10 bits per heavy atom. The maximum atomic E-state index is 11.4. The summed E-state index contributed by atoms with van der Waals surface area (Å²) in [4.78, 5) is 16.9. The highest BCUT2D eigenvalue weighted by Gasteiger charge is 2.24. The molecular formula is C15H18BrClN2O. The number of imidazole rings is 1. The average Bonchev–Trinajstić information content (AvgIpc) is 2.64. The van der Waals surface area contributed by atoms with Crippen molar-refractivity contribution in [2.75, 3.05) is 0 Å². The molecule has 1 aromatic carbocycles. The van der Waals surface area contributed by atoms with Crippen LogP contribution in [0.2, 0.25) is 0 Å². The predicted octanol–water partition coefficient (Wildman–Crippen LogP) is 4.87. The summed E-state index contributed by atoms with van der Waals surface area (Å²) in [5.74, 6) is 0.526. The summed E-state index contributed by atoms with van der Waals surface area (Å²) in [6.45, 7) is 0. The lowest BCUT2D eigenvalue weighted by Gasteiger charge is -2.22. The number of nitrogens with one attached hydrogen (secondary N) is 2. The van der Waals surface area contributed by atoms with Crippen LogP contribution in [0.3, 0.4) is 0 Å². The minimum atomic E-state index is -0.176. The van der Waals surface area contributed by atoms with Crippen molar-refractivity contribution in [2.45, 2.75) is 43.9 Å². The molecule has 0 radical (unpaired) electrons. The van der Waals surface area contributed by atoms with Crippen LogP contribution in [0.15, 0.2) is 21.4 Å². The largest absolute Gasteiger partial charge is 0.323 e. The summed E-state index contributed by atoms with van der Waals surface area (Å²) in [5, 5.41) is 0.00489. The van der Waals surface area contributed by atoms with Crippen LogP contribution in [0.1, 0.15) is 49.5 Å². The second-order valence-corrected chi connectivity index (χ2v) is 6.98. The van der Waals surface area contributed by atoms with Crippen LogP contribution in [0, 0.1) is 5.92 Å². The molecule has 3 rings (SSSR count). The number of fused-ring (bicyclic) bond motifs is 1. The molecule has 1 aliphatic carbocycles. The fourth-order valence-corrected chi connectivity index (χ4v) is 4.30. The molecule has 2 N–H and O–H groups in total. The maximum Gasteiger partial charge on any atom is 0.323 e. The van der Waals surface area contributed by atoms with Crippen LogP contribution < -0.4 is 5.69 Å². The fraction of sp³-hybridized carbons (Fsp3) is 0.533. The van der Waals surface area contributed by atoms with Crippen molar-refractivity contribution < 1.29 is 0 Å². The van der Waals surface area contributed by atoms with Crippen molar-refractivity contribution in [1.82, 2.24) is 9.97 Å². The van der Waals surface area contributed by atoms with E-state index in [9.17, 15) is 4.79 Å². The molecular weight excluding hydrogens is 340 g/mol. The van der Waals surface area contributed by atoms with E-state index in [0.717, 1.165) is 21.1 Å². The Hall–Kier alpha value is -0.740. The molecule has 0 bridgehead atoms. The number of aromatic amines is 2. The Labute approximate surface area is 131 Å². The van der Waals surface area contributed by atoms with Gasteiger partial charge in [-0.15, -0.1) is 11.6 Å². The normalized spacial score (nSPS) is 19.1. The average molecular weight is 358 g/mol. The Bertz CT molecular complexity index is 655. The van der Waals surface area contributed by atoms with Crippen LogP contribution in [0.4, 0.5) is 0 Å². The van der Waals surface area contributed by atoms with E-state index in [1.165, 1.54) is 38.5 Å². The van der Waals surface area contributed by atoms with Gasteiger partial charge in [-0.3, -0.25) is 0 Å². The van der Waals surface area contributed by atoms with E-state index in [1.54, 1.807) is 0 Å². The first-order chi connectivity index (χ1) is 9.65. The van der Waals surface area contributed by atoms with Crippen molar-refractivity contribution in [3.8, 4) is 0 Å². The van der Waals surface area contributed by atoms with Gasteiger partial charge in [-0.05, 0) is 36.5 Å². The first kappa shape index (κ1) is 14.2. The van der Waals surface area contributed by atoms with Crippen LogP contribution in [-0.4, -0.2) is 9.97 Å². The molecule has 0 aliphatic heterocycles. The monoisotopic (exact) mass is 356 g/mol. The number of halogens is 2. The second-order valence-electron chi connectivity index (χ2n) is 5.65. The van der Waals surface area contributed by atoms with Crippen molar-refractivity contribution in [3.05, 3.63) is 32.7 Å². The predicted molar refractivity (Wildman–Crippen MR) is 86.4 cm³/mol. The van der Waals surface area contributed by atoms with Crippen LogP contribution >= 0.6 is 27.5 Å². The smallest absolute Gasteiger partial charge is 0.306 e. The van der Waals surface area contributed by atoms with Gasteiger partial charge in [0.25, 0.3) is 0 Å². The summed E-state index contributed by atoms with van der Waals surface area (Å²) < 4.78 is 0.976. The third-order valence-corrected chi connectivity index (χ3v) is 5.52. The first-order valence-corrected chi connectivity index (χ1v) is 8.43. The molecule has 0 saturated heterocycles. The Morgan fingerprint density at radius 2 is 1.70 bits per heavy atom. The minimum absolute atomic E-state index is 0.00489. The molecule has 5 heteroatoms. The van der Waals surface area contributed by atoms with Gasteiger partial charge in [-0.1, -0.05) is 41.6 Å². The lowest BCUT2D eigenvalue weighted by molar-refractivity contribution is 0.444. The van der Waals surface area contributed by atoms with Gasteiger partial charge in [-0.25, -0.2) is 4.79 Å². The highest BCUT2D eigenvalue weighted by Crippen LogP contribution is 2.41. The first-order valence-electron chi connectivity index (χ1n) is 7.20. The molecule has 2 aromatic rings. The van der Waals surface area contributed by atoms with Gasteiger partial charge < -0.3 is 9.97 Å². The van der Waals surface area contributed by atoms with E-state index >= 15 is 0 Å². The number of benzene rings is 1. The summed E-state index contributed by atoms with van der Waals surface area (Å²) in [5.41, 5.74) is 2.55. The molecule has 1 saturated carbocycles. The van der Waals surface area contributed by atoms with Crippen LogP contribution in [0.5, 0.6) is 0 Å². The third kappa shape index (κ3) is 2.82. The van der Waals surface area contributed by atoms with Gasteiger partial charge in [-0.2, -0.15) is 0 Å². The van der Waals surface area contributed by atoms with Gasteiger partial charge in [0, 0.05) is 4.47 Å². The van der Waals surface area contributed by atoms with Crippen molar-refractivity contribution >= 4 is 38.6 Å². The van der Waals surface area contributed by atoms with E-state index in [2.05, 4.69) is 25.9 Å². The summed E-state index contributed by atoms with van der Waals surface area (Å²) in [6, 6.07) is 3.94. The second kappa shape index (κ2) is 5.94. The minimum Gasteiger partial charge on any atom is -0.306 e. The van der Waals surface area contributed by atoms with Crippen LogP contribution in [-0.2, 0) is 0 Å². The van der Waals surface area contributed by atoms with Crippen molar-refractivity contribution in [2.24, 2.45) is 5.92 Å². The maximum absolute atomic E-state index is 11.4. The molecule has 20 heavy (non-hydrogen) atoms. The summed E-state index contributed by atoms with van der Waals surface area (Å²) in [7, 11) is 0. The number of hydrogen-bond donors (Lipinski definition) is 2. The van der Waals surface area contributed by atoms with E-state index in [1.807, 2.05) is 12.1 Å². The number of rotatable bonds is 2. The summed E-state index contributed by atoms with van der Waals surface area (Å²) >= 11 is 10.3. The van der Waals surface area contributed by atoms with Gasteiger partial charge in [0.15, 0.2) is 0 Å². The lowest BCUT2D eigenvalue weighted by Crippen LogP contribution is -2.08. The fourth-order valence-electron chi connectivity index (χ4n) is 3.14. The molecule has 1 unspecified atom stereocenters. The molecule has 1 atom stereocenters. The molecule has 0 spiro atoms. The van der Waals surface area contributed by atoms with Gasteiger partial charge >= 0.3 is 5.69 Å². The Morgan fingerprint density at radius 3 is 2.35 bits per heavy atom. The highest BCUT2D eigenvalue weighted by atomic mass is 79.9. The molecule has 1 aliphatic rings. The molecule has 1 fully saturated rings. The third-order valence-electron chi connectivity index (χ3n) is 4.24. The Kier molecular flexibility index (Phi) is 4.22. The molecule has 1 aromatic heterocycles. The topological polar surface area (TPSA) is 48.6 Å². The van der Waals surface area contributed by atoms with E-state index < -0.39 is 0 Å². The van der Waals surface area contributed by atoms with Gasteiger partial charge in [0.05, 0.1) is 16.4 Å². The number of aromatic nitrogens is 2. The number of H-pyrrole nitrogens is 2. The lowest BCUT2D eigenvalue weighted by atomic mass is 9.92. The zero-order valence-electron chi connectivity index (χ0n) is 11.2. The van der Waals surface area contributed by atoms with Crippen molar-refractivity contribution in [3.63, 3.8) is 0 Å². The van der Waals surface area contributed by atoms with Gasteiger partial charge in [0.1, 0.15) is 0 Å². The van der Waals surface area contributed by atoms with E-state index in [-0.39, 0.29) is 11.1 Å². The van der Waals surface area contributed by atoms with E-state index in [0.29, 0.717) is 5.92 Å². The molecule has 1 heterocycles. The van der Waals surface area contributed by atoms with Gasteiger partial charge in [0.2, 0.25) is 0 Å². The molecule has 3 nitrogen and oxygen atoms in total. The summed E-state index contributed by atoms with van der Waals surface area (Å²) in [6.07, 6.45) is 7.59. The SMILES string of the molecule is O=c1[nH]c2cc(Br)c(C(Cl)C3CCCCCC3)cc2[nH]1. The number of alkyl halides is 1. The zero-order valence-corrected chi connectivity index (χ0v) is 13.6. The molecule has 0 amide bonds. The standard InChI is InChI=1S/C15H18BrClN2O/c16-11-8-13-12(18-15(20)19-13)7-10(11)14(17)9-5-3-1-2-4-6-9/h7-9,14H,1-6H2,(H2,18,19,20). The quantitative estimate of drug-likeness (QED) is 0.584. The highest BCUT2D eigenvalue weighted by molar-refractivity contribution is 9.10. The molecule has 108 valence electrons. The van der Waals surface area contributed by atoms with Crippen LogP contribution in [0.25, 0.3) is 11.0 Å².